The van der Waals surface area contributed by atoms with Crippen LogP contribution in [0.5, 0.6) is 11.5 Å². The molecule has 68 heavy (non-hydrogen) atoms. The van der Waals surface area contributed by atoms with E-state index in [9.17, 15) is 0 Å². The number of ether oxygens (including phenoxy) is 8. The lowest BCUT2D eigenvalue weighted by molar-refractivity contribution is -0.150. The Morgan fingerprint density at radius 2 is 0.691 bits per heavy atom. The molecule has 6 aromatic rings. The van der Waals surface area contributed by atoms with Gasteiger partial charge in [-0.2, -0.15) is 0 Å². The van der Waals surface area contributed by atoms with Gasteiger partial charge < -0.3 is 47.7 Å². The predicted octanol–water partition coefficient (Wildman–Crippen LogP) is 13.0. The van der Waals surface area contributed by atoms with Gasteiger partial charge >= 0.3 is 0 Å². The van der Waals surface area contributed by atoms with Crippen LogP contribution in [0.4, 0.5) is 34.1 Å². The van der Waals surface area contributed by atoms with Gasteiger partial charge in [0.05, 0.1) is 67.1 Å². The van der Waals surface area contributed by atoms with Gasteiger partial charge in [-0.25, -0.2) is 0 Å². The number of hydrogen-bond acceptors (Lipinski definition) is 10. The van der Waals surface area contributed by atoms with Crippen molar-refractivity contribution in [1.82, 2.24) is 0 Å². The molecule has 2 aliphatic rings. The molecule has 8 rings (SSSR count). The van der Waals surface area contributed by atoms with Crippen molar-refractivity contribution in [1.29, 1.82) is 0 Å². The van der Waals surface area contributed by atoms with Gasteiger partial charge in [-0.15, -0.1) is 0 Å². The second kappa shape index (κ2) is 24.0. The highest BCUT2D eigenvalue weighted by molar-refractivity contribution is 5.81. The van der Waals surface area contributed by atoms with E-state index < -0.39 is 0 Å². The van der Waals surface area contributed by atoms with E-state index in [2.05, 4.69) is 145 Å². The number of nitrogens with zero attached hydrogens (tertiary/aromatic N) is 2. The van der Waals surface area contributed by atoms with E-state index in [0.717, 1.165) is 133 Å². The van der Waals surface area contributed by atoms with Crippen LogP contribution in [0, 0.1) is 10.8 Å². The SMILES string of the molecule is CCC1(COCCCOCc2ccc(N(c3ccc(OC)cc3)c3ccc(-c4ccc(N(c5ccc(COCCCOCC6(CC)COC6)cc5)c5ccc(OC)cc5)cc4)cc3)cc2)COC1. The lowest BCUT2D eigenvalue weighted by Crippen LogP contribution is -2.45. The first kappa shape index (κ1) is 48.7. The topological polar surface area (TPSA) is 80.3 Å². The molecule has 0 unspecified atom stereocenters. The largest absolute Gasteiger partial charge is 0.497 e. The summed E-state index contributed by atoms with van der Waals surface area (Å²) in [4.78, 5) is 4.53. The highest BCUT2D eigenvalue weighted by atomic mass is 16.5. The Bertz CT molecular complexity index is 2220. The summed E-state index contributed by atoms with van der Waals surface area (Å²) in [5.74, 6) is 1.63. The van der Waals surface area contributed by atoms with Gasteiger partial charge in [0.1, 0.15) is 11.5 Å². The minimum absolute atomic E-state index is 0.215. The number of methoxy groups -OCH3 is 2. The zero-order chi connectivity index (χ0) is 47.0. The first-order chi connectivity index (χ1) is 33.4. The summed E-state index contributed by atoms with van der Waals surface area (Å²) in [6, 6.07) is 51.1. The second-order valence-electron chi connectivity index (χ2n) is 18.1. The van der Waals surface area contributed by atoms with Crippen LogP contribution < -0.4 is 19.3 Å². The van der Waals surface area contributed by atoms with E-state index in [0.29, 0.717) is 39.6 Å². The van der Waals surface area contributed by atoms with Crippen molar-refractivity contribution in [2.75, 3.05) is 90.1 Å². The fourth-order valence-corrected chi connectivity index (χ4v) is 8.49. The summed E-state index contributed by atoms with van der Waals surface area (Å²) < 4.78 is 45.8. The molecule has 0 atom stereocenters. The lowest BCUT2D eigenvalue weighted by atomic mass is 9.84. The minimum atomic E-state index is 0.215. The van der Waals surface area contributed by atoms with Crippen LogP contribution in [0.3, 0.4) is 0 Å². The molecule has 2 heterocycles. The molecule has 0 N–H and O–H groups in total. The Kier molecular flexibility index (Phi) is 17.2. The van der Waals surface area contributed by atoms with Crippen molar-refractivity contribution in [3.05, 3.63) is 157 Å². The summed E-state index contributed by atoms with van der Waals surface area (Å²) in [5.41, 5.74) is 11.2. The van der Waals surface area contributed by atoms with Gasteiger partial charge in [0.15, 0.2) is 0 Å². The number of hydrogen-bond donors (Lipinski definition) is 0. The van der Waals surface area contributed by atoms with Crippen molar-refractivity contribution < 1.29 is 37.9 Å². The molecule has 2 aliphatic heterocycles. The van der Waals surface area contributed by atoms with Gasteiger partial charge in [0, 0.05) is 71.4 Å². The van der Waals surface area contributed by atoms with Crippen molar-refractivity contribution in [3.63, 3.8) is 0 Å². The van der Waals surface area contributed by atoms with E-state index in [4.69, 9.17) is 37.9 Å². The normalized spacial score (nSPS) is 14.7. The third-order valence-electron chi connectivity index (χ3n) is 13.3. The first-order valence-corrected chi connectivity index (χ1v) is 24.2. The van der Waals surface area contributed by atoms with Gasteiger partial charge in [-0.3, -0.25) is 0 Å². The van der Waals surface area contributed by atoms with E-state index in [-0.39, 0.29) is 10.8 Å². The van der Waals surface area contributed by atoms with Crippen LogP contribution in [-0.2, 0) is 41.6 Å². The fraction of sp³-hybridized carbons (Fsp3) is 0.379. The number of anilines is 6. The molecule has 0 aliphatic carbocycles. The summed E-state index contributed by atoms with van der Waals surface area (Å²) >= 11 is 0. The first-order valence-electron chi connectivity index (χ1n) is 24.2. The summed E-state index contributed by atoms with van der Waals surface area (Å²) in [7, 11) is 3.38. The zero-order valence-corrected chi connectivity index (χ0v) is 40.3. The van der Waals surface area contributed by atoms with E-state index >= 15 is 0 Å². The monoisotopic (exact) mass is 920 g/mol. The third kappa shape index (κ3) is 12.5. The van der Waals surface area contributed by atoms with Crippen LogP contribution in [0.25, 0.3) is 11.1 Å². The Labute approximate surface area is 403 Å². The van der Waals surface area contributed by atoms with Crippen molar-refractivity contribution in [3.8, 4) is 22.6 Å². The second-order valence-corrected chi connectivity index (χ2v) is 18.1. The molecule has 0 radical (unpaired) electrons. The molecule has 10 heteroatoms. The van der Waals surface area contributed by atoms with Crippen LogP contribution >= 0.6 is 0 Å². The van der Waals surface area contributed by atoms with Gasteiger partial charge in [-0.1, -0.05) is 62.4 Å². The Hall–Kier alpha value is -5.72. The highest BCUT2D eigenvalue weighted by Crippen LogP contribution is 2.39. The van der Waals surface area contributed by atoms with E-state index in [1.54, 1.807) is 14.2 Å². The maximum Gasteiger partial charge on any atom is 0.119 e. The fourth-order valence-electron chi connectivity index (χ4n) is 8.49. The van der Waals surface area contributed by atoms with Crippen LogP contribution in [0.2, 0.25) is 0 Å². The van der Waals surface area contributed by atoms with E-state index in [1.807, 2.05) is 24.3 Å². The quantitative estimate of drug-likeness (QED) is 0.0466. The number of benzene rings is 6. The molecule has 2 saturated heterocycles. The standard InChI is InChI=1S/C58H68N2O8/c1-5-57(41-67-42-57)39-65-35-7-33-63-37-45-9-17-49(18-10-45)59(53-25-29-55(61-3)30-26-53)51-21-13-47(14-22-51)48-15-23-52(24-16-48)60(54-27-31-56(62-4)32-28-54)50-19-11-46(12-20-50)38-64-34-8-36-66-40-58(6-2)43-68-44-58/h9-32H,5-8,33-44H2,1-4H3. The van der Waals surface area contributed by atoms with Crippen LogP contribution in [-0.4, -0.2) is 80.3 Å². The Balaban J connectivity index is 0.905. The molecular weight excluding hydrogens is 853 g/mol. The highest BCUT2D eigenvalue weighted by Gasteiger charge is 2.37. The Morgan fingerprint density at radius 3 is 0.971 bits per heavy atom. The summed E-state index contributed by atoms with van der Waals surface area (Å²) in [6.07, 6.45) is 3.91. The maximum atomic E-state index is 6.03. The predicted molar refractivity (Wildman–Crippen MR) is 272 cm³/mol. The zero-order valence-electron chi connectivity index (χ0n) is 40.3. The van der Waals surface area contributed by atoms with Crippen molar-refractivity contribution in [2.24, 2.45) is 10.8 Å². The molecule has 10 nitrogen and oxygen atoms in total. The molecule has 0 spiro atoms. The molecule has 2 fully saturated rings. The summed E-state index contributed by atoms with van der Waals surface area (Å²) in [6.45, 7) is 13.0. The summed E-state index contributed by atoms with van der Waals surface area (Å²) in [5, 5.41) is 0. The van der Waals surface area contributed by atoms with Crippen LogP contribution in [0.1, 0.15) is 50.7 Å². The van der Waals surface area contributed by atoms with Gasteiger partial charge in [-0.05, 0) is 145 Å². The van der Waals surface area contributed by atoms with Gasteiger partial charge in [0.2, 0.25) is 0 Å². The maximum absolute atomic E-state index is 6.03. The Morgan fingerprint density at radius 1 is 0.397 bits per heavy atom. The average molecular weight is 921 g/mol. The van der Waals surface area contributed by atoms with Crippen LogP contribution in [0.15, 0.2) is 146 Å². The molecule has 0 saturated carbocycles. The lowest BCUT2D eigenvalue weighted by Gasteiger charge is -2.40. The average Bonchev–Trinajstić information content (AvgIpc) is 3.36. The minimum Gasteiger partial charge on any atom is -0.497 e. The molecule has 358 valence electrons. The van der Waals surface area contributed by atoms with Gasteiger partial charge in [0.25, 0.3) is 0 Å². The molecule has 0 bridgehead atoms. The molecule has 6 aromatic carbocycles. The van der Waals surface area contributed by atoms with Crippen molar-refractivity contribution >= 4 is 34.1 Å². The number of rotatable bonds is 27. The molecule has 0 aromatic heterocycles. The smallest absolute Gasteiger partial charge is 0.119 e. The molecular formula is C58H68N2O8. The van der Waals surface area contributed by atoms with E-state index in [1.165, 1.54) is 0 Å². The third-order valence-corrected chi connectivity index (χ3v) is 13.3. The molecule has 0 amide bonds. The van der Waals surface area contributed by atoms with Crippen molar-refractivity contribution in [2.45, 2.75) is 52.7 Å².